The summed E-state index contributed by atoms with van der Waals surface area (Å²) in [6.07, 6.45) is 1.95. The number of carbonyl (C=O) groups is 2. The van der Waals surface area contributed by atoms with Gasteiger partial charge >= 0.3 is 11.8 Å². The standard InChI is InChI=1S/C17H24N2O2/c1-11-5-7-19(8-6-11)17(21)16(20)18-15-13(3)9-12(2)10-14(15)4/h9-11H,5-8H2,1-4H3,(H,18,20). The van der Waals surface area contributed by atoms with Crippen LogP contribution in [0.1, 0.15) is 36.5 Å². The fraction of sp³-hybridized carbons (Fsp3) is 0.529. The zero-order valence-corrected chi connectivity index (χ0v) is 13.3. The Morgan fingerprint density at radius 2 is 1.62 bits per heavy atom. The molecule has 0 aromatic heterocycles. The monoisotopic (exact) mass is 288 g/mol. The molecule has 4 nitrogen and oxygen atoms in total. The molecular weight excluding hydrogens is 264 g/mol. The smallest absolute Gasteiger partial charge is 0.313 e. The van der Waals surface area contributed by atoms with Gasteiger partial charge in [-0.15, -0.1) is 0 Å². The van der Waals surface area contributed by atoms with Crippen molar-refractivity contribution >= 4 is 17.5 Å². The minimum Gasteiger partial charge on any atom is -0.334 e. The molecule has 114 valence electrons. The van der Waals surface area contributed by atoms with Crippen LogP contribution in [0.25, 0.3) is 0 Å². The highest BCUT2D eigenvalue weighted by Crippen LogP contribution is 2.22. The van der Waals surface area contributed by atoms with Gasteiger partial charge < -0.3 is 10.2 Å². The summed E-state index contributed by atoms with van der Waals surface area (Å²) in [6.45, 7) is 9.45. The first-order valence-electron chi connectivity index (χ1n) is 7.56. The van der Waals surface area contributed by atoms with E-state index in [0.717, 1.165) is 35.2 Å². The first-order valence-corrected chi connectivity index (χ1v) is 7.56. The fourth-order valence-corrected chi connectivity index (χ4v) is 2.90. The van der Waals surface area contributed by atoms with E-state index in [9.17, 15) is 9.59 Å². The molecule has 1 heterocycles. The summed E-state index contributed by atoms with van der Waals surface area (Å²) >= 11 is 0. The molecule has 1 fully saturated rings. The maximum atomic E-state index is 12.2. The minimum atomic E-state index is -0.528. The Kier molecular flexibility index (Phi) is 4.66. The first-order chi connectivity index (χ1) is 9.88. The van der Waals surface area contributed by atoms with Gasteiger partial charge in [0.15, 0.2) is 0 Å². The number of carbonyl (C=O) groups excluding carboxylic acids is 2. The van der Waals surface area contributed by atoms with Crippen LogP contribution in [0.5, 0.6) is 0 Å². The number of rotatable bonds is 1. The Labute approximate surface area is 126 Å². The lowest BCUT2D eigenvalue weighted by atomic mass is 9.99. The van der Waals surface area contributed by atoms with E-state index in [-0.39, 0.29) is 0 Å². The third kappa shape index (κ3) is 3.63. The lowest BCUT2D eigenvalue weighted by molar-refractivity contribution is -0.144. The van der Waals surface area contributed by atoms with Crippen LogP contribution >= 0.6 is 0 Å². The molecule has 2 amide bonds. The van der Waals surface area contributed by atoms with Crippen molar-refractivity contribution in [3.05, 3.63) is 28.8 Å². The second-order valence-electron chi connectivity index (χ2n) is 6.20. The van der Waals surface area contributed by atoms with Crippen LogP contribution in [0.3, 0.4) is 0 Å². The quantitative estimate of drug-likeness (QED) is 0.808. The molecule has 2 rings (SSSR count). The van der Waals surface area contributed by atoms with Crippen molar-refractivity contribution in [3.8, 4) is 0 Å². The van der Waals surface area contributed by atoms with Crippen LogP contribution in [-0.2, 0) is 9.59 Å². The number of aryl methyl sites for hydroxylation is 3. The highest BCUT2D eigenvalue weighted by atomic mass is 16.2. The largest absolute Gasteiger partial charge is 0.334 e. The number of nitrogens with one attached hydrogen (secondary N) is 1. The number of amides is 2. The first kappa shape index (κ1) is 15.5. The number of likely N-dealkylation sites (tertiary alicyclic amines) is 1. The SMILES string of the molecule is Cc1cc(C)c(NC(=O)C(=O)N2CCC(C)CC2)c(C)c1. The van der Waals surface area contributed by atoms with E-state index in [2.05, 4.69) is 12.2 Å². The molecule has 0 unspecified atom stereocenters. The Morgan fingerprint density at radius 1 is 1.10 bits per heavy atom. The van der Waals surface area contributed by atoms with Crippen molar-refractivity contribution in [1.29, 1.82) is 0 Å². The Morgan fingerprint density at radius 3 is 2.14 bits per heavy atom. The molecule has 0 saturated carbocycles. The van der Waals surface area contributed by atoms with Gasteiger partial charge in [-0.05, 0) is 50.7 Å². The van der Waals surface area contributed by atoms with E-state index >= 15 is 0 Å². The predicted octanol–water partition coefficient (Wildman–Crippen LogP) is 2.81. The highest BCUT2D eigenvalue weighted by Gasteiger charge is 2.26. The average Bonchev–Trinajstić information content (AvgIpc) is 2.42. The summed E-state index contributed by atoms with van der Waals surface area (Å²) in [4.78, 5) is 26.1. The number of nitrogens with zero attached hydrogens (tertiary/aromatic N) is 1. The summed E-state index contributed by atoms with van der Waals surface area (Å²) in [5, 5.41) is 2.78. The van der Waals surface area contributed by atoms with Gasteiger partial charge in [0.2, 0.25) is 0 Å². The van der Waals surface area contributed by atoms with Crippen LogP contribution in [0, 0.1) is 26.7 Å². The second kappa shape index (κ2) is 6.29. The third-order valence-electron chi connectivity index (χ3n) is 4.18. The third-order valence-corrected chi connectivity index (χ3v) is 4.18. The van der Waals surface area contributed by atoms with Crippen molar-refractivity contribution in [1.82, 2.24) is 4.90 Å². The van der Waals surface area contributed by atoms with Gasteiger partial charge in [0.05, 0.1) is 0 Å². The van der Waals surface area contributed by atoms with E-state index in [1.165, 1.54) is 0 Å². The summed E-state index contributed by atoms with van der Waals surface area (Å²) in [7, 11) is 0. The molecule has 0 atom stereocenters. The molecule has 1 aromatic rings. The van der Waals surface area contributed by atoms with Crippen molar-refractivity contribution < 1.29 is 9.59 Å². The Hall–Kier alpha value is -1.84. The van der Waals surface area contributed by atoms with Crippen molar-refractivity contribution in [2.75, 3.05) is 18.4 Å². The molecule has 0 radical (unpaired) electrons. The molecule has 1 aliphatic rings. The van der Waals surface area contributed by atoms with Crippen LogP contribution in [0.15, 0.2) is 12.1 Å². The molecule has 1 aromatic carbocycles. The number of piperidine rings is 1. The summed E-state index contributed by atoms with van der Waals surface area (Å²) in [5.41, 5.74) is 3.88. The molecular formula is C17H24N2O2. The van der Waals surface area contributed by atoms with Crippen LogP contribution < -0.4 is 5.32 Å². The fourth-order valence-electron chi connectivity index (χ4n) is 2.90. The van der Waals surface area contributed by atoms with Crippen LogP contribution in [0.4, 0.5) is 5.69 Å². The van der Waals surface area contributed by atoms with Gasteiger partial charge in [0.1, 0.15) is 0 Å². The second-order valence-corrected chi connectivity index (χ2v) is 6.20. The van der Waals surface area contributed by atoms with Crippen molar-refractivity contribution in [2.45, 2.75) is 40.5 Å². The summed E-state index contributed by atoms with van der Waals surface area (Å²) < 4.78 is 0. The predicted molar refractivity (Wildman–Crippen MR) is 84.3 cm³/mol. The zero-order chi connectivity index (χ0) is 15.6. The topological polar surface area (TPSA) is 49.4 Å². The minimum absolute atomic E-state index is 0.415. The lowest BCUT2D eigenvalue weighted by Crippen LogP contribution is -2.44. The molecule has 21 heavy (non-hydrogen) atoms. The molecule has 0 bridgehead atoms. The number of anilines is 1. The van der Waals surface area contributed by atoms with Crippen molar-refractivity contribution in [3.63, 3.8) is 0 Å². The number of benzene rings is 1. The van der Waals surface area contributed by atoms with Gasteiger partial charge in [-0.2, -0.15) is 0 Å². The number of hydrogen-bond acceptors (Lipinski definition) is 2. The van der Waals surface area contributed by atoms with Gasteiger partial charge in [-0.25, -0.2) is 0 Å². The molecule has 1 aliphatic heterocycles. The van der Waals surface area contributed by atoms with E-state index < -0.39 is 11.8 Å². The van der Waals surface area contributed by atoms with Gasteiger partial charge in [-0.3, -0.25) is 9.59 Å². The summed E-state index contributed by atoms with van der Waals surface area (Å²) in [6, 6.07) is 4.02. The molecule has 1 N–H and O–H groups in total. The van der Waals surface area contributed by atoms with E-state index in [4.69, 9.17) is 0 Å². The zero-order valence-electron chi connectivity index (χ0n) is 13.3. The molecule has 1 saturated heterocycles. The van der Waals surface area contributed by atoms with Gasteiger partial charge in [0.25, 0.3) is 0 Å². The van der Waals surface area contributed by atoms with E-state index in [0.29, 0.717) is 19.0 Å². The van der Waals surface area contributed by atoms with Gasteiger partial charge in [-0.1, -0.05) is 24.6 Å². The normalized spacial score (nSPS) is 15.9. The maximum Gasteiger partial charge on any atom is 0.313 e. The van der Waals surface area contributed by atoms with Crippen LogP contribution in [0.2, 0.25) is 0 Å². The maximum absolute atomic E-state index is 12.2. The molecule has 0 spiro atoms. The van der Waals surface area contributed by atoms with Crippen LogP contribution in [-0.4, -0.2) is 29.8 Å². The highest BCUT2D eigenvalue weighted by molar-refractivity contribution is 6.39. The van der Waals surface area contributed by atoms with Crippen molar-refractivity contribution in [2.24, 2.45) is 5.92 Å². The molecule has 0 aliphatic carbocycles. The van der Waals surface area contributed by atoms with E-state index in [1.54, 1.807) is 4.90 Å². The van der Waals surface area contributed by atoms with E-state index in [1.807, 2.05) is 32.9 Å². The summed E-state index contributed by atoms with van der Waals surface area (Å²) in [5.74, 6) is -0.306. The number of hydrogen-bond donors (Lipinski definition) is 1. The van der Waals surface area contributed by atoms with Gasteiger partial charge in [0, 0.05) is 18.8 Å². The molecule has 4 heteroatoms. The Balaban J connectivity index is 2.06. The Bertz CT molecular complexity index is 535. The average molecular weight is 288 g/mol. The lowest BCUT2D eigenvalue weighted by Gasteiger charge is -2.29.